The van der Waals surface area contributed by atoms with Gasteiger partial charge in [-0.3, -0.25) is 4.79 Å². The average molecular weight is 418 g/mol. The Kier molecular flexibility index (Phi) is 7.49. The third kappa shape index (κ3) is 5.54. The zero-order valence-corrected chi connectivity index (χ0v) is 17.9. The van der Waals surface area contributed by atoms with Crippen molar-refractivity contribution in [2.75, 3.05) is 0 Å². The second kappa shape index (κ2) is 10.5. The maximum absolute atomic E-state index is 12.4. The molecule has 0 aliphatic rings. The summed E-state index contributed by atoms with van der Waals surface area (Å²) in [5, 5.41) is 13.9. The SMILES string of the molecule is CC/C=C/c1nc(C(=O)CCCC)nn1Cc1ccc(-c2ccccc2C(=O)O)cc1. The van der Waals surface area contributed by atoms with E-state index in [0.29, 0.717) is 24.4 Å². The third-order valence-corrected chi connectivity index (χ3v) is 4.96. The van der Waals surface area contributed by atoms with Crippen LogP contribution in [-0.2, 0) is 6.54 Å². The number of hydrogen-bond acceptors (Lipinski definition) is 4. The zero-order chi connectivity index (χ0) is 22.2. The molecule has 6 heteroatoms. The maximum Gasteiger partial charge on any atom is 0.336 e. The molecule has 3 aromatic rings. The van der Waals surface area contributed by atoms with Crippen LogP contribution in [0.2, 0.25) is 0 Å². The standard InChI is InChI=1S/C25H27N3O3/c1-3-5-11-22(29)24-26-23(12-6-4-2)28(27-24)17-18-13-15-19(16-14-18)20-9-7-8-10-21(20)25(30)31/h6-10,12-16H,3-5,11,17H2,1-2H3,(H,30,31)/b12-6+. The van der Waals surface area contributed by atoms with Gasteiger partial charge in [0.1, 0.15) is 0 Å². The number of rotatable bonds is 10. The smallest absolute Gasteiger partial charge is 0.336 e. The van der Waals surface area contributed by atoms with Crippen LogP contribution >= 0.6 is 0 Å². The van der Waals surface area contributed by atoms with E-state index in [9.17, 15) is 14.7 Å². The summed E-state index contributed by atoms with van der Waals surface area (Å²) in [6.07, 6.45) is 6.98. The molecule has 0 spiro atoms. The zero-order valence-electron chi connectivity index (χ0n) is 17.9. The Hall–Kier alpha value is -3.54. The van der Waals surface area contributed by atoms with Crippen molar-refractivity contribution >= 4 is 17.8 Å². The van der Waals surface area contributed by atoms with Crippen molar-refractivity contribution in [3.8, 4) is 11.1 Å². The minimum absolute atomic E-state index is 0.0348. The number of benzene rings is 2. The van der Waals surface area contributed by atoms with Gasteiger partial charge in [0.05, 0.1) is 12.1 Å². The number of carboxylic acids is 1. The largest absolute Gasteiger partial charge is 0.478 e. The summed E-state index contributed by atoms with van der Waals surface area (Å²) in [6, 6.07) is 14.7. The Morgan fingerprint density at radius 2 is 1.81 bits per heavy atom. The van der Waals surface area contributed by atoms with Crippen molar-refractivity contribution in [1.29, 1.82) is 0 Å². The van der Waals surface area contributed by atoms with Crippen molar-refractivity contribution in [2.45, 2.75) is 46.1 Å². The summed E-state index contributed by atoms with van der Waals surface area (Å²) in [4.78, 5) is 28.3. The number of allylic oxidation sites excluding steroid dienone is 1. The summed E-state index contributed by atoms with van der Waals surface area (Å²) in [6.45, 7) is 4.56. The minimum atomic E-state index is -0.949. The second-order valence-electron chi connectivity index (χ2n) is 7.34. The van der Waals surface area contributed by atoms with Gasteiger partial charge in [-0.1, -0.05) is 68.8 Å². The topological polar surface area (TPSA) is 85.1 Å². The lowest BCUT2D eigenvalue weighted by Gasteiger charge is -2.08. The fraction of sp³-hybridized carbons (Fsp3) is 0.280. The first-order chi connectivity index (χ1) is 15.0. The van der Waals surface area contributed by atoms with E-state index in [-0.39, 0.29) is 17.2 Å². The lowest BCUT2D eigenvalue weighted by atomic mass is 9.99. The molecular weight excluding hydrogens is 390 g/mol. The highest BCUT2D eigenvalue weighted by Gasteiger charge is 2.15. The van der Waals surface area contributed by atoms with Gasteiger partial charge in [-0.15, -0.1) is 5.10 Å². The van der Waals surface area contributed by atoms with Gasteiger partial charge in [-0.2, -0.15) is 0 Å². The fourth-order valence-corrected chi connectivity index (χ4v) is 3.27. The number of unbranched alkanes of at least 4 members (excludes halogenated alkanes) is 1. The molecule has 0 amide bonds. The number of carbonyl (C=O) groups excluding carboxylic acids is 1. The van der Waals surface area contributed by atoms with Crippen molar-refractivity contribution < 1.29 is 14.7 Å². The minimum Gasteiger partial charge on any atom is -0.478 e. The highest BCUT2D eigenvalue weighted by molar-refractivity contribution is 5.96. The van der Waals surface area contributed by atoms with Crippen LogP contribution in [0, 0.1) is 0 Å². The van der Waals surface area contributed by atoms with Crippen LogP contribution < -0.4 is 0 Å². The molecule has 0 fully saturated rings. The molecule has 0 unspecified atom stereocenters. The normalized spacial score (nSPS) is 11.2. The summed E-state index contributed by atoms with van der Waals surface area (Å²) in [5.41, 5.74) is 2.77. The van der Waals surface area contributed by atoms with Crippen molar-refractivity contribution in [3.63, 3.8) is 0 Å². The van der Waals surface area contributed by atoms with E-state index in [1.165, 1.54) is 0 Å². The highest BCUT2D eigenvalue weighted by atomic mass is 16.4. The van der Waals surface area contributed by atoms with Crippen LogP contribution in [0.5, 0.6) is 0 Å². The molecule has 31 heavy (non-hydrogen) atoms. The molecule has 0 saturated carbocycles. The van der Waals surface area contributed by atoms with Gasteiger partial charge in [0.2, 0.25) is 11.6 Å². The van der Waals surface area contributed by atoms with Gasteiger partial charge >= 0.3 is 5.97 Å². The summed E-state index contributed by atoms with van der Waals surface area (Å²) in [5.74, 6) is -0.0690. The van der Waals surface area contributed by atoms with Crippen molar-refractivity contribution in [1.82, 2.24) is 14.8 Å². The van der Waals surface area contributed by atoms with Gasteiger partial charge < -0.3 is 5.11 Å². The van der Waals surface area contributed by atoms with Crippen molar-refractivity contribution in [2.24, 2.45) is 0 Å². The van der Waals surface area contributed by atoms with Gasteiger partial charge in [0.15, 0.2) is 5.82 Å². The molecule has 1 N–H and O–H groups in total. The van der Waals surface area contributed by atoms with E-state index >= 15 is 0 Å². The molecule has 0 bridgehead atoms. The number of aromatic carboxylic acids is 1. The van der Waals surface area contributed by atoms with Crippen LogP contribution in [0.1, 0.15) is 71.9 Å². The van der Waals surface area contributed by atoms with E-state index in [1.807, 2.05) is 56.3 Å². The van der Waals surface area contributed by atoms with E-state index in [1.54, 1.807) is 22.9 Å². The summed E-state index contributed by atoms with van der Waals surface area (Å²) in [7, 11) is 0. The third-order valence-electron chi connectivity index (χ3n) is 4.96. The molecule has 3 rings (SSSR count). The first-order valence-corrected chi connectivity index (χ1v) is 10.6. The first-order valence-electron chi connectivity index (χ1n) is 10.6. The van der Waals surface area contributed by atoms with E-state index in [2.05, 4.69) is 10.1 Å². The Morgan fingerprint density at radius 3 is 2.48 bits per heavy atom. The molecule has 0 radical (unpaired) electrons. The van der Waals surface area contributed by atoms with Crippen LogP contribution in [0.3, 0.4) is 0 Å². The van der Waals surface area contributed by atoms with E-state index < -0.39 is 5.97 Å². The molecular formula is C25H27N3O3. The molecule has 0 saturated heterocycles. The molecule has 0 aliphatic heterocycles. The number of ketones is 1. The van der Waals surface area contributed by atoms with Crippen LogP contribution in [0.4, 0.5) is 0 Å². The number of Topliss-reactive ketones (excluding diaryl/α,β-unsaturated/α-hetero) is 1. The molecule has 2 aromatic carbocycles. The van der Waals surface area contributed by atoms with Gasteiger partial charge in [-0.25, -0.2) is 14.5 Å². The van der Waals surface area contributed by atoms with Gasteiger partial charge in [0.25, 0.3) is 0 Å². The van der Waals surface area contributed by atoms with Crippen LogP contribution in [0.15, 0.2) is 54.6 Å². The van der Waals surface area contributed by atoms with Crippen LogP contribution in [0.25, 0.3) is 17.2 Å². The number of nitrogens with zero attached hydrogens (tertiary/aromatic N) is 3. The van der Waals surface area contributed by atoms with Crippen LogP contribution in [-0.4, -0.2) is 31.6 Å². The Labute approximate surface area is 182 Å². The maximum atomic E-state index is 12.4. The lowest BCUT2D eigenvalue weighted by molar-refractivity contribution is 0.0697. The van der Waals surface area contributed by atoms with E-state index in [0.717, 1.165) is 30.4 Å². The number of aromatic nitrogens is 3. The summed E-state index contributed by atoms with van der Waals surface area (Å²) < 4.78 is 1.74. The predicted molar refractivity (Wildman–Crippen MR) is 121 cm³/mol. The highest BCUT2D eigenvalue weighted by Crippen LogP contribution is 2.24. The molecule has 160 valence electrons. The average Bonchev–Trinajstić information content (AvgIpc) is 3.19. The molecule has 6 nitrogen and oxygen atoms in total. The Bertz CT molecular complexity index is 1080. The summed E-state index contributed by atoms with van der Waals surface area (Å²) >= 11 is 0. The number of carbonyl (C=O) groups is 2. The van der Waals surface area contributed by atoms with Crippen molar-refractivity contribution in [3.05, 3.63) is 77.4 Å². The quantitative estimate of drug-likeness (QED) is 0.441. The molecule has 1 heterocycles. The Balaban J connectivity index is 1.85. The van der Waals surface area contributed by atoms with E-state index in [4.69, 9.17) is 0 Å². The molecule has 0 aliphatic carbocycles. The first kappa shape index (κ1) is 22.2. The van der Waals surface area contributed by atoms with Gasteiger partial charge in [-0.05, 0) is 41.7 Å². The number of carboxylic acid groups (broad SMARTS) is 1. The molecule has 1 aromatic heterocycles. The lowest BCUT2D eigenvalue weighted by Crippen LogP contribution is -2.06. The second-order valence-corrected chi connectivity index (χ2v) is 7.34. The van der Waals surface area contributed by atoms with Gasteiger partial charge in [0, 0.05) is 6.42 Å². The molecule has 0 atom stereocenters. The fourth-order valence-electron chi connectivity index (χ4n) is 3.27. The predicted octanol–water partition coefficient (Wildman–Crippen LogP) is 5.49. The number of hydrogen-bond donors (Lipinski definition) is 1. The monoisotopic (exact) mass is 417 g/mol. The Morgan fingerprint density at radius 1 is 1.06 bits per heavy atom.